The van der Waals surface area contributed by atoms with E-state index < -0.39 is 5.97 Å². The molecule has 8 nitrogen and oxygen atoms in total. The molecule has 0 aliphatic rings. The summed E-state index contributed by atoms with van der Waals surface area (Å²) in [5.74, 6) is 0.00879. The number of carbonyl (C=O) groups excluding carboxylic acids is 1. The van der Waals surface area contributed by atoms with Crippen LogP contribution in [0.25, 0.3) is 0 Å². The summed E-state index contributed by atoms with van der Waals surface area (Å²) in [5.41, 5.74) is 0.711. The molecule has 0 aliphatic heterocycles. The van der Waals surface area contributed by atoms with Crippen LogP contribution in [0.4, 0.5) is 0 Å². The monoisotopic (exact) mass is 292 g/mol. The number of esters is 1. The van der Waals surface area contributed by atoms with Gasteiger partial charge in [0, 0.05) is 6.07 Å². The van der Waals surface area contributed by atoms with Crippen LogP contribution >= 0.6 is 0 Å². The van der Waals surface area contributed by atoms with Crippen molar-refractivity contribution < 1.29 is 19.0 Å². The molecule has 21 heavy (non-hydrogen) atoms. The molecular formula is C13H16N4O4. The molecule has 0 spiro atoms. The molecular weight excluding hydrogens is 276 g/mol. The maximum Gasteiger partial charge on any atom is 0.360 e. The van der Waals surface area contributed by atoms with Crippen LogP contribution in [-0.2, 0) is 17.9 Å². The average Bonchev–Trinajstić information content (AvgIpc) is 3.00. The summed E-state index contributed by atoms with van der Waals surface area (Å²) in [6.07, 6.45) is 1.61. The average molecular weight is 292 g/mol. The molecule has 0 radical (unpaired) electrons. The van der Waals surface area contributed by atoms with Gasteiger partial charge >= 0.3 is 5.97 Å². The quantitative estimate of drug-likeness (QED) is 0.736. The van der Waals surface area contributed by atoms with E-state index in [4.69, 9.17) is 9.47 Å². The number of pyridine rings is 1. The maximum atomic E-state index is 11.7. The van der Waals surface area contributed by atoms with Crippen molar-refractivity contribution in [2.75, 3.05) is 14.2 Å². The largest absolute Gasteiger partial charge is 0.485 e. The lowest BCUT2D eigenvalue weighted by Gasteiger charge is -2.09. The third-order valence-electron chi connectivity index (χ3n) is 2.66. The van der Waals surface area contributed by atoms with E-state index in [-0.39, 0.29) is 12.3 Å². The van der Waals surface area contributed by atoms with Crippen LogP contribution in [0.5, 0.6) is 11.6 Å². The van der Waals surface area contributed by atoms with Crippen molar-refractivity contribution in [3.63, 3.8) is 0 Å². The van der Waals surface area contributed by atoms with E-state index in [9.17, 15) is 4.79 Å². The lowest BCUT2D eigenvalue weighted by atomic mass is 10.3. The lowest BCUT2D eigenvalue weighted by Crippen LogP contribution is -2.09. The van der Waals surface area contributed by atoms with E-state index in [0.717, 1.165) is 0 Å². The maximum absolute atomic E-state index is 11.7. The van der Waals surface area contributed by atoms with E-state index in [1.807, 2.05) is 6.92 Å². The Morgan fingerprint density at radius 2 is 2.14 bits per heavy atom. The number of carbonyl (C=O) groups is 1. The standard InChI is InChI=1S/C13H16N4O4/c1-4-17-14-7-9(16-17)8-21-10-5-6-11(19-2)15-12(10)13(18)20-3/h5-7H,4,8H2,1-3H3. The summed E-state index contributed by atoms with van der Waals surface area (Å²) in [5, 5.41) is 8.24. The van der Waals surface area contributed by atoms with Crippen molar-refractivity contribution >= 4 is 5.97 Å². The van der Waals surface area contributed by atoms with Gasteiger partial charge in [0.05, 0.1) is 27.0 Å². The van der Waals surface area contributed by atoms with E-state index in [2.05, 4.69) is 19.9 Å². The van der Waals surface area contributed by atoms with Gasteiger partial charge in [0.25, 0.3) is 0 Å². The third kappa shape index (κ3) is 3.47. The summed E-state index contributed by atoms with van der Waals surface area (Å²) >= 11 is 0. The summed E-state index contributed by atoms with van der Waals surface area (Å²) in [6, 6.07) is 3.20. The molecule has 2 rings (SSSR count). The second kappa shape index (κ2) is 6.69. The molecule has 0 aromatic carbocycles. The molecule has 2 aromatic rings. The fraction of sp³-hybridized carbons (Fsp3) is 0.385. The van der Waals surface area contributed by atoms with Crippen LogP contribution in [0.2, 0.25) is 0 Å². The highest BCUT2D eigenvalue weighted by atomic mass is 16.5. The highest BCUT2D eigenvalue weighted by Crippen LogP contribution is 2.22. The SMILES string of the molecule is CCn1ncc(COc2ccc(OC)nc2C(=O)OC)n1. The molecule has 0 saturated heterocycles. The predicted molar refractivity (Wildman–Crippen MR) is 72.2 cm³/mol. The first-order valence-corrected chi connectivity index (χ1v) is 6.33. The molecule has 0 N–H and O–H groups in total. The molecule has 0 unspecified atom stereocenters. The minimum absolute atomic E-state index is 0.0553. The molecule has 8 heteroatoms. The Bertz CT molecular complexity index is 626. The van der Waals surface area contributed by atoms with Gasteiger partial charge in [-0.1, -0.05) is 0 Å². The Hall–Kier alpha value is -2.64. The van der Waals surface area contributed by atoms with Crippen LogP contribution < -0.4 is 9.47 Å². The van der Waals surface area contributed by atoms with Crippen molar-refractivity contribution in [1.82, 2.24) is 20.0 Å². The van der Waals surface area contributed by atoms with E-state index in [1.54, 1.807) is 23.1 Å². The van der Waals surface area contributed by atoms with E-state index in [1.165, 1.54) is 14.2 Å². The van der Waals surface area contributed by atoms with Gasteiger partial charge in [-0.2, -0.15) is 15.0 Å². The van der Waals surface area contributed by atoms with Crippen LogP contribution in [-0.4, -0.2) is 40.2 Å². The van der Waals surface area contributed by atoms with Gasteiger partial charge in [-0.25, -0.2) is 9.78 Å². The van der Waals surface area contributed by atoms with E-state index >= 15 is 0 Å². The van der Waals surface area contributed by atoms with Crippen LogP contribution in [0.3, 0.4) is 0 Å². The zero-order chi connectivity index (χ0) is 15.2. The number of aryl methyl sites for hydroxylation is 1. The number of methoxy groups -OCH3 is 2. The first-order valence-electron chi connectivity index (χ1n) is 6.33. The van der Waals surface area contributed by atoms with Gasteiger partial charge in [0.1, 0.15) is 12.3 Å². The van der Waals surface area contributed by atoms with Gasteiger partial charge in [-0.15, -0.1) is 0 Å². The summed E-state index contributed by atoms with van der Waals surface area (Å²) in [7, 11) is 2.74. The number of ether oxygens (including phenoxy) is 3. The Morgan fingerprint density at radius 3 is 2.76 bits per heavy atom. The first kappa shape index (κ1) is 14.8. The summed E-state index contributed by atoms with van der Waals surface area (Å²) in [6.45, 7) is 2.79. The van der Waals surface area contributed by atoms with Crippen molar-refractivity contribution in [3.8, 4) is 11.6 Å². The molecule has 0 aliphatic carbocycles. The molecule has 2 aromatic heterocycles. The Balaban J connectivity index is 2.16. The Labute approximate surface area is 121 Å². The van der Waals surface area contributed by atoms with Gasteiger partial charge < -0.3 is 14.2 Å². The number of hydrogen-bond acceptors (Lipinski definition) is 7. The van der Waals surface area contributed by atoms with Gasteiger partial charge in [-0.3, -0.25) is 0 Å². The smallest absolute Gasteiger partial charge is 0.360 e. The summed E-state index contributed by atoms with van der Waals surface area (Å²) in [4.78, 5) is 17.3. The number of rotatable bonds is 6. The molecule has 0 fully saturated rings. The van der Waals surface area contributed by atoms with Gasteiger partial charge in [0.15, 0.2) is 11.4 Å². The predicted octanol–water partition coefficient (Wildman–Crippen LogP) is 1.07. The minimum Gasteiger partial charge on any atom is -0.485 e. The fourth-order valence-electron chi connectivity index (χ4n) is 1.60. The van der Waals surface area contributed by atoms with Crippen LogP contribution in [0.1, 0.15) is 23.1 Å². The topological polar surface area (TPSA) is 88.4 Å². The van der Waals surface area contributed by atoms with Crippen molar-refractivity contribution in [1.29, 1.82) is 0 Å². The fourth-order valence-corrected chi connectivity index (χ4v) is 1.60. The zero-order valence-electron chi connectivity index (χ0n) is 12.1. The van der Waals surface area contributed by atoms with Crippen molar-refractivity contribution in [2.45, 2.75) is 20.1 Å². The Morgan fingerprint density at radius 1 is 1.33 bits per heavy atom. The van der Waals surface area contributed by atoms with E-state index in [0.29, 0.717) is 23.9 Å². The third-order valence-corrected chi connectivity index (χ3v) is 2.66. The molecule has 0 amide bonds. The van der Waals surface area contributed by atoms with Gasteiger partial charge in [0.2, 0.25) is 5.88 Å². The second-order valence-corrected chi connectivity index (χ2v) is 4.01. The molecule has 112 valence electrons. The summed E-state index contributed by atoms with van der Waals surface area (Å²) < 4.78 is 15.2. The normalized spacial score (nSPS) is 10.2. The number of hydrogen-bond donors (Lipinski definition) is 0. The molecule has 0 saturated carbocycles. The minimum atomic E-state index is -0.596. The first-order chi connectivity index (χ1) is 10.2. The highest BCUT2D eigenvalue weighted by molar-refractivity contribution is 5.90. The lowest BCUT2D eigenvalue weighted by molar-refractivity contribution is 0.0587. The highest BCUT2D eigenvalue weighted by Gasteiger charge is 2.17. The van der Waals surface area contributed by atoms with Gasteiger partial charge in [-0.05, 0) is 13.0 Å². The van der Waals surface area contributed by atoms with Crippen LogP contribution in [0, 0.1) is 0 Å². The number of nitrogens with zero attached hydrogens (tertiary/aromatic N) is 4. The van der Waals surface area contributed by atoms with Crippen LogP contribution in [0.15, 0.2) is 18.3 Å². The molecule has 0 atom stereocenters. The van der Waals surface area contributed by atoms with Crippen molar-refractivity contribution in [3.05, 3.63) is 29.7 Å². The molecule has 0 bridgehead atoms. The second-order valence-electron chi connectivity index (χ2n) is 4.01. The molecule has 2 heterocycles. The van der Waals surface area contributed by atoms with Crippen molar-refractivity contribution in [2.24, 2.45) is 0 Å². The zero-order valence-corrected chi connectivity index (χ0v) is 12.1. The Kier molecular flexibility index (Phi) is 4.70. The number of aromatic nitrogens is 4.